The van der Waals surface area contributed by atoms with Gasteiger partial charge >= 0.3 is 11.9 Å². The van der Waals surface area contributed by atoms with Gasteiger partial charge in [0, 0.05) is 12.8 Å². The van der Waals surface area contributed by atoms with Gasteiger partial charge in [0.25, 0.3) is 0 Å². The van der Waals surface area contributed by atoms with Crippen LogP contribution in [0.15, 0.2) is 85.1 Å². The molecule has 284 valence electrons. The molecule has 0 saturated carbocycles. The summed E-state index contributed by atoms with van der Waals surface area (Å²) in [7, 11) is 0. The Balaban J connectivity index is 4.16. The van der Waals surface area contributed by atoms with Crippen molar-refractivity contribution in [3.05, 3.63) is 85.1 Å². The van der Waals surface area contributed by atoms with Gasteiger partial charge in [-0.25, -0.2) is 0 Å². The van der Waals surface area contributed by atoms with Crippen LogP contribution in [0.25, 0.3) is 0 Å². The van der Waals surface area contributed by atoms with Crippen molar-refractivity contribution in [2.24, 2.45) is 0 Å². The molecule has 0 heterocycles. The van der Waals surface area contributed by atoms with Gasteiger partial charge in [-0.2, -0.15) is 0 Å². The Hall–Kier alpha value is -2.88. The fourth-order valence-electron chi connectivity index (χ4n) is 5.66. The molecule has 0 aliphatic heterocycles. The van der Waals surface area contributed by atoms with Crippen LogP contribution >= 0.6 is 0 Å². The molecule has 4 heteroatoms. The first-order chi connectivity index (χ1) is 24.6. The van der Waals surface area contributed by atoms with E-state index in [1.54, 1.807) is 0 Å². The molecule has 0 radical (unpaired) electrons. The van der Waals surface area contributed by atoms with Crippen LogP contribution in [0.2, 0.25) is 0 Å². The summed E-state index contributed by atoms with van der Waals surface area (Å²) < 4.78 is 5.99. The summed E-state index contributed by atoms with van der Waals surface area (Å²) in [6.45, 7) is 4.32. The summed E-state index contributed by atoms with van der Waals surface area (Å²) in [4.78, 5) is 23.4. The van der Waals surface area contributed by atoms with Gasteiger partial charge in [0.15, 0.2) is 0 Å². The van der Waals surface area contributed by atoms with Crippen LogP contribution in [0.3, 0.4) is 0 Å². The lowest BCUT2D eigenvalue weighted by Crippen LogP contribution is -2.18. The standard InChI is InChI=1S/C46H76O4/c1-3-5-7-9-11-13-15-17-19-20-22-24-26-28-30-35-39-43-46(49)50-44(41-37-33-31-34-38-42-45(47)48)40-36-32-29-27-25-23-21-18-16-14-12-10-8-6-4-2/h5-8,11-14,17-19,21,25,27,44H,3-4,9-10,15-16,20,22-24,26,28-43H2,1-2H3,(H,47,48)/b7-5-,8-6-,13-11-,14-12-,19-17-,21-18-,27-25-. The molecule has 1 unspecified atom stereocenters. The van der Waals surface area contributed by atoms with E-state index in [1.165, 1.54) is 38.5 Å². The Bertz CT molecular complexity index is 965. The molecule has 0 aliphatic rings. The largest absolute Gasteiger partial charge is 0.481 e. The summed E-state index contributed by atoms with van der Waals surface area (Å²) in [6, 6.07) is 0. The highest BCUT2D eigenvalue weighted by Gasteiger charge is 2.14. The fraction of sp³-hybridized carbons (Fsp3) is 0.652. The Morgan fingerprint density at radius 2 is 0.780 bits per heavy atom. The van der Waals surface area contributed by atoms with Crippen molar-refractivity contribution in [2.45, 2.75) is 193 Å². The molecule has 0 aromatic rings. The van der Waals surface area contributed by atoms with E-state index in [0.717, 1.165) is 122 Å². The minimum atomic E-state index is -0.712. The molecule has 0 aliphatic carbocycles. The summed E-state index contributed by atoms with van der Waals surface area (Å²) in [5.41, 5.74) is 0. The summed E-state index contributed by atoms with van der Waals surface area (Å²) in [5, 5.41) is 8.83. The lowest BCUT2D eigenvalue weighted by Gasteiger charge is -2.18. The maximum atomic E-state index is 12.7. The quantitative estimate of drug-likeness (QED) is 0.0403. The van der Waals surface area contributed by atoms with Crippen LogP contribution < -0.4 is 0 Å². The van der Waals surface area contributed by atoms with Gasteiger partial charge < -0.3 is 9.84 Å². The molecule has 0 spiro atoms. The number of ether oxygens (including phenoxy) is 1. The van der Waals surface area contributed by atoms with Gasteiger partial charge in [-0.05, 0) is 109 Å². The van der Waals surface area contributed by atoms with Gasteiger partial charge in [0.1, 0.15) is 6.10 Å². The average molecular weight is 693 g/mol. The highest BCUT2D eigenvalue weighted by Crippen LogP contribution is 2.18. The average Bonchev–Trinajstić information content (AvgIpc) is 3.10. The number of esters is 1. The van der Waals surface area contributed by atoms with Crippen LogP contribution in [-0.4, -0.2) is 23.1 Å². The third-order valence-electron chi connectivity index (χ3n) is 8.61. The minimum Gasteiger partial charge on any atom is -0.481 e. The summed E-state index contributed by atoms with van der Waals surface area (Å²) in [6.07, 6.45) is 58.8. The third kappa shape index (κ3) is 39.6. The zero-order valence-electron chi connectivity index (χ0n) is 32.4. The van der Waals surface area contributed by atoms with Gasteiger partial charge in [-0.1, -0.05) is 150 Å². The second-order valence-electron chi connectivity index (χ2n) is 13.4. The van der Waals surface area contributed by atoms with Crippen molar-refractivity contribution in [2.75, 3.05) is 0 Å². The second kappa shape index (κ2) is 40.5. The third-order valence-corrected chi connectivity index (χ3v) is 8.61. The fourth-order valence-corrected chi connectivity index (χ4v) is 5.66. The number of carboxylic acids is 1. The van der Waals surface area contributed by atoms with E-state index in [1.807, 2.05) is 0 Å². The lowest BCUT2D eigenvalue weighted by atomic mass is 10.0. The minimum absolute atomic E-state index is 0.00645. The van der Waals surface area contributed by atoms with Crippen molar-refractivity contribution >= 4 is 11.9 Å². The molecule has 1 atom stereocenters. The van der Waals surface area contributed by atoms with E-state index in [4.69, 9.17) is 9.84 Å². The van der Waals surface area contributed by atoms with Crippen molar-refractivity contribution in [1.29, 1.82) is 0 Å². The number of hydrogen-bond acceptors (Lipinski definition) is 3. The van der Waals surface area contributed by atoms with Crippen molar-refractivity contribution in [3.8, 4) is 0 Å². The molecule has 1 N–H and O–H groups in total. The van der Waals surface area contributed by atoms with Gasteiger partial charge in [-0.15, -0.1) is 0 Å². The molecule has 0 amide bonds. The van der Waals surface area contributed by atoms with E-state index in [2.05, 4.69) is 98.9 Å². The number of carboxylic acid groups (broad SMARTS) is 1. The molecular weight excluding hydrogens is 617 g/mol. The molecule has 0 saturated heterocycles. The first-order valence-corrected chi connectivity index (χ1v) is 20.6. The van der Waals surface area contributed by atoms with Gasteiger partial charge in [-0.3, -0.25) is 9.59 Å². The van der Waals surface area contributed by atoms with Gasteiger partial charge in [0.05, 0.1) is 0 Å². The SMILES string of the molecule is CC/C=C\C/C=C\C/C=C\C/C=C\CCCCC(CCCCCCCC(=O)O)OC(=O)CCCCCCCCC/C=C\C/C=C\C/C=C\CC. The predicted molar refractivity (Wildman–Crippen MR) is 218 cm³/mol. The van der Waals surface area contributed by atoms with Gasteiger partial charge in [0.2, 0.25) is 0 Å². The summed E-state index contributed by atoms with van der Waals surface area (Å²) in [5.74, 6) is -0.745. The van der Waals surface area contributed by atoms with Crippen LogP contribution in [-0.2, 0) is 14.3 Å². The molecule has 0 rings (SSSR count). The highest BCUT2D eigenvalue weighted by atomic mass is 16.5. The first-order valence-electron chi connectivity index (χ1n) is 20.6. The van der Waals surface area contributed by atoms with Crippen LogP contribution in [0.1, 0.15) is 187 Å². The van der Waals surface area contributed by atoms with E-state index in [0.29, 0.717) is 6.42 Å². The Labute approximate surface area is 309 Å². The number of allylic oxidation sites excluding steroid dienone is 14. The molecule has 4 nitrogen and oxygen atoms in total. The highest BCUT2D eigenvalue weighted by molar-refractivity contribution is 5.69. The van der Waals surface area contributed by atoms with Crippen LogP contribution in [0.4, 0.5) is 0 Å². The van der Waals surface area contributed by atoms with Crippen molar-refractivity contribution in [3.63, 3.8) is 0 Å². The second-order valence-corrected chi connectivity index (χ2v) is 13.4. The van der Waals surface area contributed by atoms with E-state index >= 15 is 0 Å². The smallest absolute Gasteiger partial charge is 0.306 e. The zero-order valence-corrected chi connectivity index (χ0v) is 32.4. The Morgan fingerprint density at radius 1 is 0.440 bits per heavy atom. The van der Waals surface area contributed by atoms with Crippen LogP contribution in [0.5, 0.6) is 0 Å². The Morgan fingerprint density at radius 3 is 1.24 bits per heavy atom. The molecule has 0 bridgehead atoms. The normalized spacial score (nSPS) is 13.2. The lowest BCUT2D eigenvalue weighted by molar-refractivity contribution is -0.150. The Kier molecular flexibility index (Phi) is 38.2. The number of rotatable bonds is 36. The van der Waals surface area contributed by atoms with Crippen molar-refractivity contribution in [1.82, 2.24) is 0 Å². The zero-order chi connectivity index (χ0) is 36.4. The molecule has 0 aromatic heterocycles. The monoisotopic (exact) mass is 693 g/mol. The first kappa shape index (κ1) is 47.1. The number of aliphatic carboxylic acids is 1. The van der Waals surface area contributed by atoms with Crippen LogP contribution in [0, 0.1) is 0 Å². The maximum absolute atomic E-state index is 12.7. The number of carbonyl (C=O) groups is 2. The topological polar surface area (TPSA) is 63.6 Å². The molecule has 50 heavy (non-hydrogen) atoms. The molecular formula is C46H76O4. The predicted octanol–water partition coefficient (Wildman–Crippen LogP) is 14.4. The molecule has 0 aromatic carbocycles. The maximum Gasteiger partial charge on any atom is 0.306 e. The summed E-state index contributed by atoms with van der Waals surface area (Å²) >= 11 is 0. The molecule has 0 fully saturated rings. The van der Waals surface area contributed by atoms with E-state index in [9.17, 15) is 9.59 Å². The van der Waals surface area contributed by atoms with Crippen molar-refractivity contribution < 1.29 is 19.4 Å². The van der Waals surface area contributed by atoms with E-state index in [-0.39, 0.29) is 18.5 Å². The number of unbranched alkanes of at least 4 members (excludes halogenated alkanes) is 13. The number of carbonyl (C=O) groups excluding carboxylic acids is 1. The number of hydrogen-bond donors (Lipinski definition) is 1. The van der Waals surface area contributed by atoms with E-state index < -0.39 is 5.97 Å².